The van der Waals surface area contributed by atoms with Gasteiger partial charge in [0.05, 0.1) is 0 Å². The summed E-state index contributed by atoms with van der Waals surface area (Å²) in [5.74, 6) is 2.14. The van der Waals surface area contributed by atoms with Crippen LogP contribution in [-0.4, -0.2) is 23.8 Å². The van der Waals surface area contributed by atoms with Crippen LogP contribution >= 0.6 is 0 Å². The Balaban J connectivity index is 1.67. The first kappa shape index (κ1) is 15.1. The molecule has 1 amide bonds. The molecule has 1 aliphatic rings. The van der Waals surface area contributed by atoms with Crippen molar-refractivity contribution in [1.29, 1.82) is 0 Å². The zero-order chi connectivity index (χ0) is 16.2. The number of carbonyl (C=O) groups excluding carboxylic acids is 1. The first-order valence-electron chi connectivity index (χ1n) is 7.45. The lowest BCUT2D eigenvalue weighted by atomic mass is 10.2. The number of benzene rings is 1. The average molecular weight is 314 g/mol. The lowest BCUT2D eigenvalue weighted by molar-refractivity contribution is -0.122. The molecule has 1 aliphatic heterocycles. The van der Waals surface area contributed by atoms with Crippen LogP contribution in [0.1, 0.15) is 18.9 Å². The molecule has 0 unspecified atom stereocenters. The minimum absolute atomic E-state index is 0.204. The third kappa shape index (κ3) is 3.53. The number of ether oxygens (including phenoxy) is 3. The summed E-state index contributed by atoms with van der Waals surface area (Å²) < 4.78 is 16.3. The van der Waals surface area contributed by atoms with Crippen molar-refractivity contribution in [3.05, 3.63) is 42.1 Å². The van der Waals surface area contributed by atoms with E-state index in [1.54, 1.807) is 30.5 Å². The molecule has 0 spiro atoms. The fourth-order valence-corrected chi connectivity index (χ4v) is 2.19. The monoisotopic (exact) mass is 314 g/mol. The Morgan fingerprint density at radius 3 is 2.87 bits per heavy atom. The SMILES string of the molecule is CC[C@H](Oc1ccc2c(c1)OCO2)C(=O)Nc1ccc(C)cn1. The number of nitrogens with one attached hydrogen (secondary N) is 1. The molecule has 2 heterocycles. The fraction of sp³-hybridized carbons (Fsp3) is 0.294. The van der Waals surface area contributed by atoms with Gasteiger partial charge in [0.25, 0.3) is 5.91 Å². The minimum atomic E-state index is -0.613. The van der Waals surface area contributed by atoms with Crippen molar-refractivity contribution in [2.45, 2.75) is 26.4 Å². The van der Waals surface area contributed by atoms with Crippen molar-refractivity contribution in [1.82, 2.24) is 4.98 Å². The van der Waals surface area contributed by atoms with Gasteiger partial charge in [-0.15, -0.1) is 0 Å². The van der Waals surface area contributed by atoms with Gasteiger partial charge in [-0.25, -0.2) is 4.98 Å². The number of rotatable bonds is 5. The van der Waals surface area contributed by atoms with Gasteiger partial charge in [-0.1, -0.05) is 13.0 Å². The van der Waals surface area contributed by atoms with Gasteiger partial charge in [0.1, 0.15) is 11.6 Å². The molecule has 1 atom stereocenters. The van der Waals surface area contributed by atoms with Crippen molar-refractivity contribution in [3.63, 3.8) is 0 Å². The summed E-state index contributed by atoms with van der Waals surface area (Å²) in [6, 6.07) is 8.91. The zero-order valence-electron chi connectivity index (χ0n) is 13.0. The number of aryl methyl sites for hydroxylation is 1. The van der Waals surface area contributed by atoms with Crippen molar-refractivity contribution in [2.24, 2.45) is 0 Å². The van der Waals surface area contributed by atoms with Gasteiger partial charge in [0.2, 0.25) is 6.79 Å². The lowest BCUT2D eigenvalue weighted by Gasteiger charge is -2.17. The molecule has 120 valence electrons. The second-order valence-corrected chi connectivity index (χ2v) is 5.24. The summed E-state index contributed by atoms with van der Waals surface area (Å²) in [6.07, 6.45) is 1.62. The Hall–Kier alpha value is -2.76. The highest BCUT2D eigenvalue weighted by Gasteiger charge is 2.21. The first-order valence-corrected chi connectivity index (χ1v) is 7.45. The standard InChI is InChI=1S/C17H18N2O4/c1-3-13(17(20)19-16-7-4-11(2)9-18-16)23-12-5-6-14-15(8-12)22-10-21-14/h4-9,13H,3,10H2,1-2H3,(H,18,19,20)/t13-/m0/s1. The molecule has 0 bridgehead atoms. The Morgan fingerprint density at radius 1 is 1.30 bits per heavy atom. The van der Waals surface area contributed by atoms with E-state index < -0.39 is 6.10 Å². The van der Waals surface area contributed by atoms with E-state index in [2.05, 4.69) is 10.3 Å². The van der Waals surface area contributed by atoms with Crippen LogP contribution in [0.3, 0.4) is 0 Å². The molecular weight excluding hydrogens is 296 g/mol. The first-order chi connectivity index (χ1) is 11.2. The lowest BCUT2D eigenvalue weighted by Crippen LogP contribution is -2.32. The van der Waals surface area contributed by atoms with Gasteiger partial charge in [-0.2, -0.15) is 0 Å². The molecule has 1 N–H and O–H groups in total. The van der Waals surface area contributed by atoms with Gasteiger partial charge >= 0.3 is 0 Å². The number of carbonyl (C=O) groups is 1. The van der Waals surface area contributed by atoms with E-state index in [1.807, 2.05) is 19.9 Å². The normalized spacial score (nSPS) is 13.5. The fourth-order valence-electron chi connectivity index (χ4n) is 2.19. The number of hydrogen-bond acceptors (Lipinski definition) is 5. The van der Waals surface area contributed by atoms with Gasteiger partial charge in [0, 0.05) is 12.3 Å². The van der Waals surface area contributed by atoms with E-state index in [1.165, 1.54) is 0 Å². The topological polar surface area (TPSA) is 69.7 Å². The quantitative estimate of drug-likeness (QED) is 0.919. The highest BCUT2D eigenvalue weighted by molar-refractivity contribution is 5.93. The maximum atomic E-state index is 12.3. The van der Waals surface area contributed by atoms with E-state index in [0.29, 0.717) is 29.5 Å². The number of hydrogen-bond donors (Lipinski definition) is 1. The van der Waals surface area contributed by atoms with Gasteiger partial charge in [0.15, 0.2) is 17.6 Å². The van der Waals surface area contributed by atoms with E-state index in [0.717, 1.165) is 5.56 Å². The molecule has 1 aromatic heterocycles. The summed E-state index contributed by atoms with van der Waals surface area (Å²) >= 11 is 0. The van der Waals surface area contributed by atoms with Crippen LogP contribution in [0.2, 0.25) is 0 Å². The molecule has 6 heteroatoms. The number of amides is 1. The van der Waals surface area contributed by atoms with Gasteiger partial charge < -0.3 is 19.5 Å². The average Bonchev–Trinajstić information content (AvgIpc) is 3.02. The molecule has 23 heavy (non-hydrogen) atoms. The molecule has 0 saturated carbocycles. The molecule has 2 aromatic rings. The van der Waals surface area contributed by atoms with E-state index in [4.69, 9.17) is 14.2 Å². The number of fused-ring (bicyclic) bond motifs is 1. The molecule has 0 radical (unpaired) electrons. The van der Waals surface area contributed by atoms with Crippen molar-refractivity contribution >= 4 is 11.7 Å². The molecule has 0 fully saturated rings. The van der Waals surface area contributed by atoms with Crippen LogP contribution < -0.4 is 19.5 Å². The number of aromatic nitrogens is 1. The second kappa shape index (κ2) is 6.56. The van der Waals surface area contributed by atoms with Crippen LogP contribution in [0.4, 0.5) is 5.82 Å². The summed E-state index contributed by atoms with van der Waals surface area (Å²) in [6.45, 7) is 4.03. The molecule has 0 saturated heterocycles. The van der Waals surface area contributed by atoms with Crippen LogP contribution in [0.25, 0.3) is 0 Å². The van der Waals surface area contributed by atoms with E-state index >= 15 is 0 Å². The molecule has 0 aliphatic carbocycles. The third-order valence-electron chi connectivity index (χ3n) is 3.45. The zero-order valence-corrected chi connectivity index (χ0v) is 13.0. The van der Waals surface area contributed by atoms with Crippen molar-refractivity contribution < 1.29 is 19.0 Å². The molecule has 6 nitrogen and oxygen atoms in total. The number of pyridine rings is 1. The third-order valence-corrected chi connectivity index (χ3v) is 3.45. The maximum Gasteiger partial charge on any atom is 0.266 e. The van der Waals surface area contributed by atoms with Crippen molar-refractivity contribution in [3.8, 4) is 17.2 Å². The van der Waals surface area contributed by atoms with E-state index in [9.17, 15) is 4.79 Å². The Morgan fingerprint density at radius 2 is 2.13 bits per heavy atom. The summed E-state index contributed by atoms with van der Waals surface area (Å²) in [5, 5.41) is 2.76. The summed E-state index contributed by atoms with van der Waals surface area (Å²) in [4.78, 5) is 16.5. The van der Waals surface area contributed by atoms with E-state index in [-0.39, 0.29) is 12.7 Å². The van der Waals surface area contributed by atoms with Crippen LogP contribution in [0.5, 0.6) is 17.2 Å². The highest BCUT2D eigenvalue weighted by Crippen LogP contribution is 2.35. The molecular formula is C17H18N2O4. The minimum Gasteiger partial charge on any atom is -0.480 e. The Kier molecular flexibility index (Phi) is 4.32. The van der Waals surface area contributed by atoms with Crippen LogP contribution in [0.15, 0.2) is 36.5 Å². The number of anilines is 1. The van der Waals surface area contributed by atoms with Crippen LogP contribution in [-0.2, 0) is 4.79 Å². The second-order valence-electron chi connectivity index (χ2n) is 5.24. The Bertz CT molecular complexity index is 700. The Labute approximate surface area is 134 Å². The molecule has 3 rings (SSSR count). The predicted molar refractivity (Wildman–Crippen MR) is 84.9 cm³/mol. The largest absolute Gasteiger partial charge is 0.480 e. The summed E-state index contributed by atoms with van der Waals surface area (Å²) in [5.41, 5.74) is 1.03. The van der Waals surface area contributed by atoms with Crippen molar-refractivity contribution in [2.75, 3.05) is 12.1 Å². The van der Waals surface area contributed by atoms with Gasteiger partial charge in [-0.3, -0.25) is 4.79 Å². The predicted octanol–water partition coefficient (Wildman–Crippen LogP) is 2.91. The maximum absolute atomic E-state index is 12.3. The van der Waals surface area contributed by atoms with Crippen LogP contribution in [0, 0.1) is 6.92 Å². The molecule has 1 aromatic carbocycles. The number of nitrogens with zero attached hydrogens (tertiary/aromatic N) is 1. The smallest absolute Gasteiger partial charge is 0.266 e. The highest BCUT2D eigenvalue weighted by atomic mass is 16.7. The van der Waals surface area contributed by atoms with Gasteiger partial charge in [-0.05, 0) is 37.1 Å². The summed E-state index contributed by atoms with van der Waals surface area (Å²) in [7, 11) is 0.